The number of hydrogen-bond donors (Lipinski definition) is 0. The second-order valence-corrected chi connectivity index (χ2v) is 9.56. The maximum absolute atomic E-state index is 12.4. The van der Waals surface area contributed by atoms with Crippen LogP contribution in [0.25, 0.3) is 0 Å². The average molecular weight is 309 g/mol. The number of carbonyl (C=O) groups is 1. The molecule has 0 aromatic rings. The van der Waals surface area contributed by atoms with E-state index in [9.17, 15) is 4.79 Å². The molecule has 4 aliphatic rings. The normalized spacial score (nSPS) is 56.5. The molecule has 0 N–H and O–H groups in total. The highest BCUT2D eigenvalue weighted by atomic mass is 35.5. The second-order valence-electron chi connectivity index (χ2n) is 8.95. The SMILES string of the molecule is C[C@]12CC[C@@H](Cl)C[C@@H]1CC[C@@H]1[C@H]3CCC(=O)[C@@]3(C)CC[C@@H]12. The van der Waals surface area contributed by atoms with Gasteiger partial charge in [0.15, 0.2) is 0 Å². The molecule has 0 aromatic carbocycles. The van der Waals surface area contributed by atoms with Crippen molar-refractivity contribution in [1.82, 2.24) is 0 Å². The topological polar surface area (TPSA) is 17.1 Å². The fraction of sp³-hybridized carbons (Fsp3) is 0.947. The molecule has 0 amide bonds. The van der Waals surface area contributed by atoms with Crippen molar-refractivity contribution in [3.8, 4) is 0 Å². The number of rotatable bonds is 0. The number of hydrogen-bond acceptors (Lipinski definition) is 1. The van der Waals surface area contributed by atoms with Gasteiger partial charge in [-0.1, -0.05) is 13.8 Å². The molecule has 0 unspecified atom stereocenters. The molecule has 1 nitrogen and oxygen atoms in total. The number of halogens is 1. The summed E-state index contributed by atoms with van der Waals surface area (Å²) in [6.07, 6.45) is 11.0. The van der Waals surface area contributed by atoms with Gasteiger partial charge in [-0.15, -0.1) is 11.6 Å². The van der Waals surface area contributed by atoms with Crippen LogP contribution < -0.4 is 0 Å². The zero-order valence-corrected chi connectivity index (χ0v) is 14.3. The van der Waals surface area contributed by atoms with E-state index in [0.29, 0.717) is 22.5 Å². The summed E-state index contributed by atoms with van der Waals surface area (Å²) in [6.45, 7) is 4.85. The van der Waals surface area contributed by atoms with Crippen molar-refractivity contribution in [2.45, 2.75) is 77.0 Å². The number of Topliss-reactive ketones (excluding diaryl/α,β-unsaturated/α-hetero) is 1. The summed E-state index contributed by atoms with van der Waals surface area (Å²) in [5.41, 5.74) is 0.551. The van der Waals surface area contributed by atoms with Crippen LogP contribution in [0.1, 0.15) is 71.6 Å². The summed E-state index contributed by atoms with van der Waals surface area (Å²) in [5, 5.41) is 0.418. The van der Waals surface area contributed by atoms with E-state index in [0.717, 1.165) is 30.6 Å². The van der Waals surface area contributed by atoms with Crippen molar-refractivity contribution in [3.05, 3.63) is 0 Å². The molecule has 4 saturated carbocycles. The minimum atomic E-state index is 0.0358. The highest BCUT2D eigenvalue weighted by molar-refractivity contribution is 6.20. The lowest BCUT2D eigenvalue weighted by atomic mass is 9.45. The van der Waals surface area contributed by atoms with Crippen LogP contribution in [0.15, 0.2) is 0 Å². The minimum Gasteiger partial charge on any atom is -0.299 e. The highest BCUT2D eigenvalue weighted by Crippen LogP contribution is 2.65. The Morgan fingerprint density at radius 1 is 1.00 bits per heavy atom. The van der Waals surface area contributed by atoms with Crippen molar-refractivity contribution >= 4 is 17.4 Å². The van der Waals surface area contributed by atoms with Gasteiger partial charge in [-0.05, 0) is 80.5 Å². The summed E-state index contributed by atoms with van der Waals surface area (Å²) in [7, 11) is 0. The largest absolute Gasteiger partial charge is 0.299 e. The maximum Gasteiger partial charge on any atom is 0.139 e. The third-order valence-corrected chi connectivity index (χ3v) is 8.71. The van der Waals surface area contributed by atoms with Gasteiger partial charge >= 0.3 is 0 Å². The van der Waals surface area contributed by atoms with E-state index in [1.807, 2.05) is 0 Å². The Labute approximate surface area is 134 Å². The van der Waals surface area contributed by atoms with Crippen LogP contribution >= 0.6 is 11.6 Å². The van der Waals surface area contributed by atoms with Gasteiger partial charge in [-0.3, -0.25) is 4.79 Å². The summed E-state index contributed by atoms with van der Waals surface area (Å²) in [4.78, 5) is 12.4. The third-order valence-electron chi connectivity index (χ3n) is 8.31. The van der Waals surface area contributed by atoms with Gasteiger partial charge in [-0.25, -0.2) is 0 Å². The van der Waals surface area contributed by atoms with E-state index < -0.39 is 0 Å². The Morgan fingerprint density at radius 2 is 1.81 bits per heavy atom. The Bertz CT molecular complexity index is 460. The van der Waals surface area contributed by atoms with Gasteiger partial charge in [0.2, 0.25) is 0 Å². The van der Waals surface area contributed by atoms with Crippen molar-refractivity contribution in [2.75, 3.05) is 0 Å². The lowest BCUT2D eigenvalue weighted by molar-refractivity contribution is -0.138. The monoisotopic (exact) mass is 308 g/mol. The van der Waals surface area contributed by atoms with Crippen LogP contribution in [0.5, 0.6) is 0 Å². The van der Waals surface area contributed by atoms with Crippen LogP contribution in [-0.2, 0) is 4.79 Å². The summed E-state index contributed by atoms with van der Waals surface area (Å²) in [6, 6.07) is 0. The predicted molar refractivity (Wildman–Crippen MR) is 86.4 cm³/mol. The lowest BCUT2D eigenvalue weighted by Crippen LogP contribution is -2.53. The molecule has 4 fully saturated rings. The van der Waals surface area contributed by atoms with Crippen molar-refractivity contribution in [2.24, 2.45) is 34.5 Å². The van der Waals surface area contributed by atoms with Crippen LogP contribution in [0.3, 0.4) is 0 Å². The lowest BCUT2D eigenvalue weighted by Gasteiger charge is -2.60. The molecule has 2 heteroatoms. The van der Waals surface area contributed by atoms with Gasteiger partial charge in [-0.2, -0.15) is 0 Å². The molecular weight excluding hydrogens is 280 g/mol. The molecule has 21 heavy (non-hydrogen) atoms. The fourth-order valence-electron chi connectivity index (χ4n) is 6.98. The Hall–Kier alpha value is -0.0400. The maximum atomic E-state index is 12.4. The third kappa shape index (κ3) is 1.92. The summed E-state index contributed by atoms with van der Waals surface area (Å²) >= 11 is 6.46. The zero-order chi connectivity index (χ0) is 14.8. The van der Waals surface area contributed by atoms with Crippen molar-refractivity contribution < 1.29 is 4.79 Å². The first-order valence-electron chi connectivity index (χ1n) is 9.12. The first-order chi connectivity index (χ1) is 9.95. The molecule has 0 radical (unpaired) electrons. The predicted octanol–water partition coefficient (Wildman–Crippen LogP) is 5.21. The second kappa shape index (κ2) is 4.73. The molecule has 4 aliphatic carbocycles. The highest BCUT2D eigenvalue weighted by Gasteiger charge is 2.60. The quantitative estimate of drug-likeness (QED) is 0.562. The molecule has 0 aliphatic heterocycles. The first kappa shape index (κ1) is 14.5. The minimum absolute atomic E-state index is 0.0358. The summed E-state index contributed by atoms with van der Waals surface area (Å²) in [5.74, 6) is 3.79. The summed E-state index contributed by atoms with van der Waals surface area (Å²) < 4.78 is 0. The van der Waals surface area contributed by atoms with E-state index in [2.05, 4.69) is 13.8 Å². The Kier molecular flexibility index (Phi) is 3.27. The molecular formula is C19H29ClO. The number of carbonyl (C=O) groups excluding carboxylic acids is 1. The number of fused-ring (bicyclic) bond motifs is 5. The molecule has 0 spiro atoms. The van der Waals surface area contributed by atoms with Gasteiger partial charge in [0.25, 0.3) is 0 Å². The van der Waals surface area contributed by atoms with Gasteiger partial charge in [0.1, 0.15) is 5.78 Å². The molecule has 0 saturated heterocycles. The van der Waals surface area contributed by atoms with E-state index in [1.54, 1.807) is 0 Å². The molecule has 118 valence electrons. The van der Waals surface area contributed by atoms with Crippen LogP contribution in [0, 0.1) is 34.5 Å². The molecule has 0 bridgehead atoms. The molecule has 0 heterocycles. The van der Waals surface area contributed by atoms with Gasteiger partial charge in [0, 0.05) is 17.2 Å². The van der Waals surface area contributed by atoms with Crippen molar-refractivity contribution in [1.29, 1.82) is 0 Å². The van der Waals surface area contributed by atoms with E-state index in [4.69, 9.17) is 11.6 Å². The average Bonchev–Trinajstić information content (AvgIpc) is 2.76. The number of alkyl halides is 1. The Morgan fingerprint density at radius 3 is 2.62 bits per heavy atom. The van der Waals surface area contributed by atoms with Gasteiger partial charge < -0.3 is 0 Å². The van der Waals surface area contributed by atoms with E-state index >= 15 is 0 Å². The van der Waals surface area contributed by atoms with Gasteiger partial charge in [0.05, 0.1) is 0 Å². The van der Waals surface area contributed by atoms with E-state index in [-0.39, 0.29) is 5.41 Å². The molecule has 4 rings (SSSR count). The van der Waals surface area contributed by atoms with Crippen LogP contribution in [0.2, 0.25) is 0 Å². The molecule has 0 aromatic heterocycles. The zero-order valence-electron chi connectivity index (χ0n) is 13.5. The van der Waals surface area contributed by atoms with E-state index in [1.165, 1.54) is 44.9 Å². The smallest absolute Gasteiger partial charge is 0.139 e. The standard InChI is InChI=1S/C19H29ClO/c1-18-9-7-13(20)11-12(18)3-4-14-15-5-6-17(21)19(15,2)10-8-16(14)18/h12-16H,3-11H2,1-2H3/t12-,13+,14+,15+,16-,18-,19-/m0/s1. The first-order valence-corrected chi connectivity index (χ1v) is 9.56. The number of ketones is 1. The Balaban J connectivity index is 1.64. The van der Waals surface area contributed by atoms with Crippen LogP contribution in [-0.4, -0.2) is 11.2 Å². The van der Waals surface area contributed by atoms with Crippen LogP contribution in [0.4, 0.5) is 0 Å². The van der Waals surface area contributed by atoms with Crippen molar-refractivity contribution in [3.63, 3.8) is 0 Å². The molecule has 7 atom stereocenters. The fourth-order valence-corrected chi connectivity index (χ4v) is 7.30.